The predicted molar refractivity (Wildman–Crippen MR) is 92.4 cm³/mol. The van der Waals surface area contributed by atoms with Crippen molar-refractivity contribution in [1.29, 1.82) is 0 Å². The van der Waals surface area contributed by atoms with Crippen molar-refractivity contribution in [3.63, 3.8) is 0 Å². The van der Waals surface area contributed by atoms with Crippen molar-refractivity contribution in [2.45, 2.75) is 26.7 Å². The average molecular weight is 353 g/mol. The van der Waals surface area contributed by atoms with Crippen LogP contribution in [0.5, 0.6) is 0 Å². The number of amides is 2. The van der Waals surface area contributed by atoms with Crippen LogP contribution in [0.2, 0.25) is 0 Å². The van der Waals surface area contributed by atoms with Gasteiger partial charge in [-0.15, -0.1) is 11.3 Å². The number of nitrogens with zero attached hydrogens (tertiary/aromatic N) is 1. The molecule has 0 spiro atoms. The maximum atomic E-state index is 12.3. The Bertz CT molecular complexity index is 627. The molecule has 7 nitrogen and oxygen atoms in total. The zero-order valence-corrected chi connectivity index (χ0v) is 15.0. The highest BCUT2D eigenvalue weighted by Crippen LogP contribution is 2.33. The van der Waals surface area contributed by atoms with Crippen molar-refractivity contribution in [1.82, 2.24) is 10.2 Å². The normalized spacial score (nSPS) is 15.2. The van der Waals surface area contributed by atoms with Gasteiger partial charge in [-0.3, -0.25) is 14.5 Å². The molecule has 1 saturated heterocycles. The molecule has 2 heterocycles. The van der Waals surface area contributed by atoms with Crippen molar-refractivity contribution in [2.75, 3.05) is 38.1 Å². The van der Waals surface area contributed by atoms with Crippen LogP contribution in [0.4, 0.5) is 5.00 Å². The summed E-state index contributed by atoms with van der Waals surface area (Å²) in [5, 5.41) is 6.01. The Kier molecular flexibility index (Phi) is 6.33. The molecule has 1 fully saturated rings. The first-order valence-corrected chi connectivity index (χ1v) is 8.82. The van der Waals surface area contributed by atoms with E-state index < -0.39 is 5.97 Å². The summed E-state index contributed by atoms with van der Waals surface area (Å²) in [7, 11) is 0. The van der Waals surface area contributed by atoms with Gasteiger partial charge in [0.2, 0.25) is 11.8 Å². The molecular formula is C16H23N3O4S. The average Bonchev–Trinajstić information content (AvgIpc) is 2.91. The standard InChI is InChI=1S/C16H23N3O4S/c1-4-23-16(22)11-7-12(10(2)3)24-15(11)18-14(21)9-19-6-5-17-13(20)8-19/h7,10H,4-6,8-9H2,1-3H3,(H,17,20)(H,18,21). The lowest BCUT2D eigenvalue weighted by Crippen LogP contribution is -2.49. The Balaban J connectivity index is 2.07. The second-order valence-corrected chi connectivity index (χ2v) is 6.96. The van der Waals surface area contributed by atoms with Crippen LogP contribution < -0.4 is 10.6 Å². The van der Waals surface area contributed by atoms with Crippen molar-refractivity contribution in [3.05, 3.63) is 16.5 Å². The van der Waals surface area contributed by atoms with E-state index in [9.17, 15) is 14.4 Å². The zero-order valence-electron chi connectivity index (χ0n) is 14.2. The number of piperazine rings is 1. The number of carbonyl (C=O) groups excluding carboxylic acids is 3. The molecule has 0 saturated carbocycles. The molecule has 0 radical (unpaired) electrons. The minimum atomic E-state index is -0.437. The highest BCUT2D eigenvalue weighted by molar-refractivity contribution is 7.16. The Labute approximate surface area is 145 Å². The molecular weight excluding hydrogens is 330 g/mol. The fourth-order valence-electron chi connectivity index (χ4n) is 2.34. The minimum absolute atomic E-state index is 0.0838. The number of nitrogens with one attached hydrogen (secondary N) is 2. The first kappa shape index (κ1) is 18.4. The third-order valence-electron chi connectivity index (χ3n) is 3.55. The van der Waals surface area contributed by atoms with Crippen molar-refractivity contribution >= 4 is 34.1 Å². The van der Waals surface area contributed by atoms with Crippen molar-refractivity contribution in [2.24, 2.45) is 0 Å². The van der Waals surface area contributed by atoms with E-state index in [1.165, 1.54) is 11.3 Å². The number of ether oxygens (including phenoxy) is 1. The maximum absolute atomic E-state index is 12.3. The van der Waals surface area contributed by atoms with Gasteiger partial charge < -0.3 is 15.4 Å². The van der Waals surface area contributed by atoms with Gasteiger partial charge in [-0.1, -0.05) is 13.8 Å². The van der Waals surface area contributed by atoms with E-state index in [4.69, 9.17) is 4.74 Å². The number of thiophene rings is 1. The molecule has 2 rings (SSSR count). The molecule has 2 amide bonds. The lowest BCUT2D eigenvalue weighted by molar-refractivity contribution is -0.125. The monoisotopic (exact) mass is 353 g/mol. The summed E-state index contributed by atoms with van der Waals surface area (Å²) in [5.74, 6) is -0.514. The van der Waals surface area contributed by atoms with Gasteiger partial charge in [0.15, 0.2) is 0 Å². The van der Waals surface area contributed by atoms with Crippen molar-refractivity contribution in [3.8, 4) is 0 Å². The fraction of sp³-hybridized carbons (Fsp3) is 0.562. The molecule has 0 aliphatic carbocycles. The van der Waals surface area contributed by atoms with Crippen LogP contribution in [-0.4, -0.2) is 55.5 Å². The second kappa shape index (κ2) is 8.25. The van der Waals surface area contributed by atoms with Gasteiger partial charge >= 0.3 is 5.97 Å². The molecule has 1 aliphatic rings. The van der Waals surface area contributed by atoms with Gasteiger partial charge in [0.25, 0.3) is 0 Å². The SMILES string of the molecule is CCOC(=O)c1cc(C(C)C)sc1NC(=O)CN1CCNC(=O)C1. The molecule has 1 aromatic heterocycles. The molecule has 132 valence electrons. The first-order chi connectivity index (χ1) is 11.4. The van der Waals surface area contributed by atoms with E-state index in [-0.39, 0.29) is 37.4 Å². The Morgan fingerprint density at radius 1 is 1.46 bits per heavy atom. The molecule has 0 aromatic carbocycles. The fourth-order valence-corrected chi connectivity index (χ4v) is 3.41. The van der Waals surface area contributed by atoms with Crippen LogP contribution in [0.1, 0.15) is 41.9 Å². The molecule has 0 unspecified atom stereocenters. The summed E-state index contributed by atoms with van der Waals surface area (Å²) in [5.41, 5.74) is 0.385. The third-order valence-corrected chi connectivity index (χ3v) is 4.90. The van der Waals surface area contributed by atoms with Gasteiger partial charge in [0.1, 0.15) is 5.00 Å². The summed E-state index contributed by atoms with van der Waals surface area (Å²) in [4.78, 5) is 38.5. The van der Waals surface area contributed by atoms with Crippen LogP contribution in [0, 0.1) is 0 Å². The van der Waals surface area contributed by atoms with Crippen LogP contribution in [0.25, 0.3) is 0 Å². The Hall–Kier alpha value is -1.93. The summed E-state index contributed by atoms with van der Waals surface area (Å²) in [6.45, 7) is 7.57. The van der Waals surface area contributed by atoms with Crippen LogP contribution in [-0.2, 0) is 14.3 Å². The number of anilines is 1. The van der Waals surface area contributed by atoms with Crippen LogP contribution in [0.3, 0.4) is 0 Å². The van der Waals surface area contributed by atoms with Gasteiger partial charge in [-0.05, 0) is 18.9 Å². The number of hydrogen-bond acceptors (Lipinski definition) is 6. The summed E-state index contributed by atoms with van der Waals surface area (Å²) in [6, 6.07) is 1.78. The Morgan fingerprint density at radius 2 is 2.21 bits per heavy atom. The van der Waals surface area contributed by atoms with Gasteiger partial charge in [-0.2, -0.15) is 0 Å². The summed E-state index contributed by atoms with van der Waals surface area (Å²) < 4.78 is 5.06. The molecule has 0 bridgehead atoms. The summed E-state index contributed by atoms with van der Waals surface area (Å²) in [6.07, 6.45) is 0. The van der Waals surface area contributed by atoms with Crippen molar-refractivity contribution < 1.29 is 19.1 Å². The lowest BCUT2D eigenvalue weighted by atomic mass is 10.1. The van der Waals surface area contributed by atoms with Gasteiger partial charge in [-0.25, -0.2) is 4.79 Å². The zero-order chi connectivity index (χ0) is 17.7. The van der Waals surface area contributed by atoms with E-state index in [0.717, 1.165) is 4.88 Å². The van der Waals surface area contributed by atoms with Crippen LogP contribution in [0.15, 0.2) is 6.07 Å². The number of carbonyl (C=O) groups is 3. The second-order valence-electron chi connectivity index (χ2n) is 5.88. The molecule has 1 aliphatic heterocycles. The van der Waals surface area contributed by atoms with E-state index in [1.54, 1.807) is 17.9 Å². The quantitative estimate of drug-likeness (QED) is 0.755. The Morgan fingerprint density at radius 3 is 2.83 bits per heavy atom. The minimum Gasteiger partial charge on any atom is -0.462 e. The number of esters is 1. The van der Waals surface area contributed by atoms with Gasteiger partial charge in [0, 0.05) is 18.0 Å². The topological polar surface area (TPSA) is 87.7 Å². The van der Waals surface area contributed by atoms with E-state index >= 15 is 0 Å². The van der Waals surface area contributed by atoms with Crippen LogP contribution >= 0.6 is 11.3 Å². The van der Waals surface area contributed by atoms with Gasteiger partial charge in [0.05, 0.1) is 25.3 Å². The highest BCUT2D eigenvalue weighted by Gasteiger charge is 2.22. The maximum Gasteiger partial charge on any atom is 0.341 e. The lowest BCUT2D eigenvalue weighted by Gasteiger charge is -2.25. The third kappa shape index (κ3) is 4.78. The van der Waals surface area contributed by atoms with E-state index in [2.05, 4.69) is 10.6 Å². The number of rotatable bonds is 6. The molecule has 24 heavy (non-hydrogen) atoms. The summed E-state index contributed by atoms with van der Waals surface area (Å²) >= 11 is 1.38. The predicted octanol–water partition coefficient (Wildman–Crippen LogP) is 1.42. The number of hydrogen-bond donors (Lipinski definition) is 2. The molecule has 1 aromatic rings. The highest BCUT2D eigenvalue weighted by atomic mass is 32.1. The molecule has 8 heteroatoms. The van der Waals surface area contributed by atoms with E-state index in [1.807, 2.05) is 13.8 Å². The largest absolute Gasteiger partial charge is 0.462 e. The molecule has 2 N–H and O–H groups in total. The van der Waals surface area contributed by atoms with E-state index in [0.29, 0.717) is 23.7 Å². The molecule has 0 atom stereocenters. The smallest absolute Gasteiger partial charge is 0.341 e. The first-order valence-electron chi connectivity index (χ1n) is 8.00.